The fourth-order valence-electron chi connectivity index (χ4n) is 1.77. The summed E-state index contributed by atoms with van der Waals surface area (Å²) in [6.07, 6.45) is -2.98. The molecule has 6 N–H and O–H groups in total. The Morgan fingerprint density at radius 1 is 1.53 bits per heavy atom. The van der Waals surface area contributed by atoms with Gasteiger partial charge in [-0.15, -0.1) is 0 Å². The van der Waals surface area contributed by atoms with Crippen LogP contribution in [0.15, 0.2) is 0 Å². The summed E-state index contributed by atoms with van der Waals surface area (Å²) in [6.45, 7) is 1.64. The first-order chi connectivity index (χ1) is 8.01. The molecule has 0 saturated carbocycles. The Hall–Kier alpha value is -0.280. The van der Waals surface area contributed by atoms with Crippen LogP contribution < -0.4 is 11.5 Å². The largest absolute Gasteiger partial charge is 0.394 e. The van der Waals surface area contributed by atoms with E-state index in [1.807, 2.05) is 0 Å². The number of rotatable bonds is 5. The van der Waals surface area contributed by atoms with E-state index in [4.69, 9.17) is 30.8 Å². The van der Waals surface area contributed by atoms with E-state index in [-0.39, 0.29) is 19.3 Å². The van der Waals surface area contributed by atoms with Crippen molar-refractivity contribution in [1.82, 2.24) is 0 Å². The van der Waals surface area contributed by atoms with Crippen molar-refractivity contribution in [2.75, 3.05) is 20.3 Å². The average molecular weight is 250 g/mol. The van der Waals surface area contributed by atoms with Crippen molar-refractivity contribution in [3.8, 4) is 0 Å². The van der Waals surface area contributed by atoms with Crippen molar-refractivity contribution in [1.29, 1.82) is 0 Å². The van der Waals surface area contributed by atoms with Crippen LogP contribution in [0, 0.1) is 0 Å². The number of aliphatic hydroxyl groups excluding tert-OH is 2. The van der Waals surface area contributed by atoms with Gasteiger partial charge in [-0.1, -0.05) is 0 Å². The van der Waals surface area contributed by atoms with Gasteiger partial charge < -0.3 is 35.9 Å². The van der Waals surface area contributed by atoms with Crippen LogP contribution >= 0.6 is 0 Å². The first-order valence-corrected chi connectivity index (χ1v) is 5.61. The molecule has 1 saturated heterocycles. The molecule has 0 aromatic heterocycles. The first-order valence-electron chi connectivity index (χ1n) is 5.61. The normalized spacial score (nSPS) is 37.8. The van der Waals surface area contributed by atoms with Crippen LogP contribution in [0.3, 0.4) is 0 Å². The Bertz CT molecular complexity index is 227. The summed E-state index contributed by atoms with van der Waals surface area (Å²) in [5, 5.41) is 19.1. The number of hydrogen-bond acceptors (Lipinski definition) is 7. The molecule has 102 valence electrons. The van der Waals surface area contributed by atoms with Gasteiger partial charge in [-0.3, -0.25) is 0 Å². The van der Waals surface area contributed by atoms with Gasteiger partial charge in [0.15, 0.2) is 6.29 Å². The number of ether oxygens (including phenoxy) is 3. The summed E-state index contributed by atoms with van der Waals surface area (Å²) < 4.78 is 15.9. The van der Waals surface area contributed by atoms with Crippen LogP contribution in [-0.4, -0.2) is 67.2 Å². The number of nitrogens with two attached hydrogens (primary N) is 2. The van der Waals surface area contributed by atoms with Crippen LogP contribution in [0.4, 0.5) is 0 Å². The topological polar surface area (TPSA) is 120 Å². The molecule has 6 atom stereocenters. The zero-order valence-electron chi connectivity index (χ0n) is 10.2. The molecule has 0 aliphatic carbocycles. The van der Waals surface area contributed by atoms with E-state index in [1.54, 1.807) is 6.92 Å². The predicted octanol–water partition coefficient (Wildman–Crippen LogP) is -2.23. The molecular formula is C10H22N2O5. The third-order valence-corrected chi connectivity index (χ3v) is 2.78. The molecule has 1 aliphatic heterocycles. The van der Waals surface area contributed by atoms with Gasteiger partial charge in [0.05, 0.1) is 25.3 Å². The average Bonchev–Trinajstić information content (AvgIpc) is 2.30. The van der Waals surface area contributed by atoms with Crippen molar-refractivity contribution in [3.05, 3.63) is 0 Å². The molecule has 0 aromatic carbocycles. The highest BCUT2D eigenvalue weighted by Crippen LogP contribution is 2.19. The standard InChI is InChI=1S/C10H22N2O5/c1-5(11)10(15-2)17-9-7(3-13)16-4-6(12)8(9)14/h5-10,13-14H,3-4,11-12H2,1-2H3. The zero-order valence-corrected chi connectivity index (χ0v) is 10.2. The summed E-state index contributed by atoms with van der Waals surface area (Å²) in [7, 11) is 1.46. The number of hydrogen-bond donors (Lipinski definition) is 4. The highest BCUT2D eigenvalue weighted by atomic mass is 16.7. The molecule has 7 heteroatoms. The second-order valence-corrected chi connectivity index (χ2v) is 4.27. The third-order valence-electron chi connectivity index (χ3n) is 2.78. The lowest BCUT2D eigenvalue weighted by Gasteiger charge is -2.39. The van der Waals surface area contributed by atoms with Gasteiger partial charge in [0, 0.05) is 7.11 Å². The Morgan fingerprint density at radius 3 is 2.65 bits per heavy atom. The van der Waals surface area contributed by atoms with E-state index in [0.29, 0.717) is 0 Å². The van der Waals surface area contributed by atoms with Gasteiger partial charge in [-0.05, 0) is 6.92 Å². The van der Waals surface area contributed by atoms with E-state index in [2.05, 4.69) is 0 Å². The molecule has 1 rings (SSSR count). The summed E-state index contributed by atoms with van der Waals surface area (Å²) in [4.78, 5) is 0. The van der Waals surface area contributed by atoms with Crippen LogP contribution in [0.2, 0.25) is 0 Å². The quantitative estimate of drug-likeness (QED) is 0.407. The third kappa shape index (κ3) is 3.59. The maximum Gasteiger partial charge on any atom is 0.172 e. The van der Waals surface area contributed by atoms with Gasteiger partial charge >= 0.3 is 0 Å². The van der Waals surface area contributed by atoms with Gasteiger partial charge in [-0.2, -0.15) is 0 Å². The molecule has 1 fully saturated rings. The van der Waals surface area contributed by atoms with E-state index in [1.165, 1.54) is 7.11 Å². The van der Waals surface area contributed by atoms with Gasteiger partial charge in [0.1, 0.15) is 18.3 Å². The molecule has 1 heterocycles. The Labute approximate surface area is 101 Å². The minimum atomic E-state index is -0.919. The summed E-state index contributed by atoms with van der Waals surface area (Å²) >= 11 is 0. The Balaban J connectivity index is 2.68. The van der Waals surface area contributed by atoms with E-state index < -0.39 is 30.6 Å². The monoisotopic (exact) mass is 250 g/mol. The smallest absolute Gasteiger partial charge is 0.172 e. The molecule has 0 bridgehead atoms. The maximum atomic E-state index is 9.93. The molecule has 0 aromatic rings. The molecule has 0 amide bonds. The maximum absolute atomic E-state index is 9.93. The van der Waals surface area contributed by atoms with Gasteiger partial charge in [-0.25, -0.2) is 0 Å². The van der Waals surface area contributed by atoms with Crippen molar-refractivity contribution in [2.45, 2.75) is 43.6 Å². The van der Waals surface area contributed by atoms with E-state index in [0.717, 1.165) is 0 Å². The second-order valence-electron chi connectivity index (χ2n) is 4.27. The van der Waals surface area contributed by atoms with E-state index >= 15 is 0 Å². The van der Waals surface area contributed by atoms with E-state index in [9.17, 15) is 5.11 Å². The van der Waals surface area contributed by atoms with Gasteiger partial charge in [0.2, 0.25) is 0 Å². The summed E-state index contributed by atoms with van der Waals surface area (Å²) in [5.41, 5.74) is 11.3. The fourth-order valence-corrected chi connectivity index (χ4v) is 1.77. The summed E-state index contributed by atoms with van der Waals surface area (Å²) in [6, 6.07) is -0.918. The predicted molar refractivity (Wildman–Crippen MR) is 60.1 cm³/mol. The van der Waals surface area contributed by atoms with Crippen LogP contribution in [-0.2, 0) is 14.2 Å². The van der Waals surface area contributed by atoms with Crippen LogP contribution in [0.1, 0.15) is 6.92 Å². The molecule has 6 unspecified atom stereocenters. The number of methoxy groups -OCH3 is 1. The lowest BCUT2D eigenvalue weighted by molar-refractivity contribution is -0.244. The van der Waals surface area contributed by atoms with Crippen molar-refractivity contribution >= 4 is 0 Å². The summed E-state index contributed by atoms with van der Waals surface area (Å²) in [5.74, 6) is 0. The Morgan fingerprint density at radius 2 is 2.18 bits per heavy atom. The minimum Gasteiger partial charge on any atom is -0.394 e. The van der Waals surface area contributed by atoms with Crippen molar-refractivity contribution in [2.24, 2.45) is 11.5 Å². The highest BCUT2D eigenvalue weighted by molar-refractivity contribution is 4.90. The number of aliphatic hydroxyl groups is 2. The van der Waals surface area contributed by atoms with Crippen molar-refractivity contribution in [3.63, 3.8) is 0 Å². The fraction of sp³-hybridized carbons (Fsp3) is 1.00. The van der Waals surface area contributed by atoms with Gasteiger partial charge in [0.25, 0.3) is 0 Å². The molecular weight excluding hydrogens is 228 g/mol. The second kappa shape index (κ2) is 6.60. The van der Waals surface area contributed by atoms with Crippen molar-refractivity contribution < 1.29 is 24.4 Å². The molecule has 1 aliphatic rings. The first kappa shape index (κ1) is 14.8. The van der Waals surface area contributed by atoms with Crippen LogP contribution in [0.25, 0.3) is 0 Å². The zero-order chi connectivity index (χ0) is 13.0. The minimum absolute atomic E-state index is 0.183. The lowest BCUT2D eigenvalue weighted by Crippen LogP contribution is -2.60. The molecule has 0 radical (unpaired) electrons. The molecule has 17 heavy (non-hydrogen) atoms. The van der Waals surface area contributed by atoms with Crippen LogP contribution in [0.5, 0.6) is 0 Å². The lowest BCUT2D eigenvalue weighted by atomic mass is 9.99. The molecule has 7 nitrogen and oxygen atoms in total. The highest BCUT2D eigenvalue weighted by Gasteiger charge is 2.40. The SMILES string of the molecule is COC(OC1C(CO)OCC(N)C1O)C(C)N. The Kier molecular flexibility index (Phi) is 5.74. The molecule has 0 spiro atoms.